The molecule has 2 aromatic rings. The van der Waals surface area contributed by atoms with Crippen LogP contribution in [0.5, 0.6) is 0 Å². The fourth-order valence-corrected chi connectivity index (χ4v) is 4.64. The fraction of sp³-hybridized carbons (Fsp3) is 0.348. The highest BCUT2D eigenvalue weighted by Gasteiger charge is 2.67. The van der Waals surface area contributed by atoms with Crippen molar-refractivity contribution in [3.8, 4) is 0 Å². The lowest BCUT2D eigenvalue weighted by Gasteiger charge is -2.29. The minimum absolute atomic E-state index is 0.201. The number of nitrogens with zero attached hydrogens (tertiary/aromatic N) is 1. The highest BCUT2D eigenvalue weighted by atomic mass is 16.5. The Morgan fingerprint density at radius 1 is 1.07 bits per heavy atom. The number of carbonyl (C=O) groups excluding carboxylic acids is 3. The molecule has 0 aromatic heterocycles. The molecule has 6 heteroatoms. The molecular formula is C23H24N2O4. The Bertz CT molecular complexity index is 974. The molecule has 2 saturated heterocycles. The van der Waals surface area contributed by atoms with Gasteiger partial charge in [-0.2, -0.15) is 0 Å². The maximum Gasteiger partial charge on any atom is 0.326 e. The molecule has 2 amide bonds. The van der Waals surface area contributed by atoms with Crippen LogP contribution in [-0.2, 0) is 19.1 Å². The Morgan fingerprint density at radius 3 is 2.38 bits per heavy atom. The smallest absolute Gasteiger partial charge is 0.326 e. The van der Waals surface area contributed by atoms with Gasteiger partial charge in [0.15, 0.2) is 0 Å². The zero-order chi connectivity index (χ0) is 20.8. The van der Waals surface area contributed by atoms with E-state index in [1.165, 1.54) is 4.90 Å². The second-order valence-electron chi connectivity index (χ2n) is 7.75. The van der Waals surface area contributed by atoms with Gasteiger partial charge in [-0.1, -0.05) is 42.5 Å². The van der Waals surface area contributed by atoms with Crippen molar-refractivity contribution < 1.29 is 19.1 Å². The van der Waals surface area contributed by atoms with E-state index in [0.29, 0.717) is 5.69 Å². The lowest BCUT2D eigenvalue weighted by molar-refractivity contribution is -0.153. The quantitative estimate of drug-likeness (QED) is 0.640. The topological polar surface area (TPSA) is 75.7 Å². The third kappa shape index (κ3) is 2.86. The van der Waals surface area contributed by atoms with Crippen molar-refractivity contribution in [1.29, 1.82) is 0 Å². The van der Waals surface area contributed by atoms with Crippen LogP contribution in [0.3, 0.4) is 0 Å². The van der Waals surface area contributed by atoms with Crippen molar-refractivity contribution in [1.82, 2.24) is 5.32 Å². The van der Waals surface area contributed by atoms with Crippen LogP contribution in [0, 0.1) is 18.8 Å². The Balaban J connectivity index is 1.84. The van der Waals surface area contributed by atoms with Gasteiger partial charge in [0.1, 0.15) is 5.54 Å². The number of hydrogen-bond acceptors (Lipinski definition) is 5. The number of anilines is 1. The van der Waals surface area contributed by atoms with Crippen LogP contribution in [0.1, 0.15) is 31.0 Å². The zero-order valence-electron chi connectivity index (χ0n) is 16.7. The molecule has 6 nitrogen and oxygen atoms in total. The van der Waals surface area contributed by atoms with Crippen LogP contribution < -0.4 is 10.2 Å². The van der Waals surface area contributed by atoms with Crippen LogP contribution in [0.15, 0.2) is 54.6 Å². The van der Waals surface area contributed by atoms with Gasteiger partial charge in [-0.3, -0.25) is 19.7 Å². The van der Waals surface area contributed by atoms with Crippen molar-refractivity contribution in [2.24, 2.45) is 11.8 Å². The number of carbonyl (C=O) groups is 3. The van der Waals surface area contributed by atoms with Gasteiger partial charge in [-0.25, -0.2) is 4.90 Å². The van der Waals surface area contributed by atoms with E-state index in [2.05, 4.69) is 5.32 Å². The van der Waals surface area contributed by atoms with E-state index in [9.17, 15) is 14.4 Å². The molecule has 150 valence electrons. The fourth-order valence-electron chi connectivity index (χ4n) is 4.64. The molecule has 4 rings (SSSR count). The molecule has 0 bridgehead atoms. The molecule has 29 heavy (non-hydrogen) atoms. The Morgan fingerprint density at radius 2 is 1.72 bits per heavy atom. The van der Waals surface area contributed by atoms with Gasteiger partial charge >= 0.3 is 5.97 Å². The lowest BCUT2D eigenvalue weighted by Crippen LogP contribution is -2.54. The SMILES string of the molecule is CCOC(=O)[C@]1(C)N[C@H](c2ccccc2C)[C@H]2C(=O)N(c3ccccc3)C(=O)[C@H]21. The lowest BCUT2D eigenvalue weighted by atomic mass is 9.80. The van der Waals surface area contributed by atoms with E-state index >= 15 is 0 Å². The summed E-state index contributed by atoms with van der Waals surface area (Å²) in [4.78, 5) is 41.0. The summed E-state index contributed by atoms with van der Waals surface area (Å²) in [5, 5.41) is 3.30. The normalized spacial score (nSPS) is 28.5. The number of imide groups is 1. The van der Waals surface area contributed by atoms with E-state index in [1.807, 2.05) is 37.3 Å². The van der Waals surface area contributed by atoms with Crippen molar-refractivity contribution >= 4 is 23.5 Å². The van der Waals surface area contributed by atoms with E-state index in [-0.39, 0.29) is 18.4 Å². The predicted octanol–water partition coefficient (Wildman–Crippen LogP) is 2.77. The predicted molar refractivity (Wildman–Crippen MR) is 108 cm³/mol. The van der Waals surface area contributed by atoms with Crippen molar-refractivity contribution in [3.05, 3.63) is 65.7 Å². The van der Waals surface area contributed by atoms with E-state index < -0.39 is 29.4 Å². The van der Waals surface area contributed by atoms with Crippen LogP contribution >= 0.6 is 0 Å². The molecule has 2 aliphatic rings. The van der Waals surface area contributed by atoms with Gasteiger partial charge in [0, 0.05) is 6.04 Å². The summed E-state index contributed by atoms with van der Waals surface area (Å²) in [6.45, 7) is 5.56. The van der Waals surface area contributed by atoms with Gasteiger partial charge in [0.2, 0.25) is 11.8 Å². The molecule has 1 N–H and O–H groups in total. The van der Waals surface area contributed by atoms with Crippen LogP contribution in [0.2, 0.25) is 0 Å². The molecule has 2 aliphatic heterocycles. The average Bonchev–Trinajstić information content (AvgIpc) is 3.17. The first-order valence-electron chi connectivity index (χ1n) is 9.83. The first-order valence-corrected chi connectivity index (χ1v) is 9.83. The number of amides is 2. The number of esters is 1. The van der Waals surface area contributed by atoms with Gasteiger partial charge in [-0.15, -0.1) is 0 Å². The highest BCUT2D eigenvalue weighted by molar-refractivity contribution is 6.24. The molecule has 2 aromatic carbocycles. The van der Waals surface area contributed by atoms with E-state index in [1.54, 1.807) is 38.1 Å². The third-order valence-corrected chi connectivity index (χ3v) is 6.02. The molecule has 0 aliphatic carbocycles. The van der Waals surface area contributed by atoms with E-state index in [0.717, 1.165) is 11.1 Å². The van der Waals surface area contributed by atoms with Gasteiger partial charge < -0.3 is 4.74 Å². The number of ether oxygens (including phenoxy) is 1. The molecule has 2 heterocycles. The van der Waals surface area contributed by atoms with E-state index in [4.69, 9.17) is 4.74 Å². The first-order chi connectivity index (χ1) is 13.9. The summed E-state index contributed by atoms with van der Waals surface area (Å²) >= 11 is 0. The number of hydrogen-bond donors (Lipinski definition) is 1. The molecule has 2 fully saturated rings. The third-order valence-electron chi connectivity index (χ3n) is 6.02. The number of rotatable bonds is 4. The molecular weight excluding hydrogens is 368 g/mol. The summed E-state index contributed by atoms with van der Waals surface area (Å²) in [6, 6.07) is 16.1. The largest absolute Gasteiger partial charge is 0.465 e. The highest BCUT2D eigenvalue weighted by Crippen LogP contribution is 2.50. The monoisotopic (exact) mass is 392 g/mol. The number of aryl methyl sites for hydroxylation is 1. The zero-order valence-corrected chi connectivity index (χ0v) is 16.7. The molecule has 4 atom stereocenters. The minimum Gasteiger partial charge on any atom is -0.465 e. The molecule has 0 saturated carbocycles. The first kappa shape index (κ1) is 19.3. The minimum atomic E-state index is -1.29. The van der Waals surface area contributed by atoms with Gasteiger partial charge in [0.05, 0.1) is 24.1 Å². The summed E-state index contributed by atoms with van der Waals surface area (Å²) in [7, 11) is 0. The Labute approximate surface area is 169 Å². The molecule has 0 radical (unpaired) electrons. The van der Waals surface area contributed by atoms with Gasteiger partial charge in [-0.05, 0) is 44.0 Å². The van der Waals surface area contributed by atoms with Gasteiger partial charge in [0.25, 0.3) is 0 Å². The summed E-state index contributed by atoms with van der Waals surface area (Å²) in [6.07, 6.45) is 0. The van der Waals surface area contributed by atoms with Crippen molar-refractivity contribution in [2.45, 2.75) is 32.4 Å². The number of para-hydroxylation sites is 1. The van der Waals surface area contributed by atoms with Crippen molar-refractivity contribution in [2.75, 3.05) is 11.5 Å². The standard InChI is InChI=1S/C23H24N2O4/c1-4-29-22(28)23(3)18-17(19(24-23)16-13-9-8-10-14(16)2)20(26)25(21(18)27)15-11-6-5-7-12-15/h5-13,17-19,24H,4H2,1-3H3/t17-,18-,19+,23+/m0/s1. The molecule has 0 unspecified atom stereocenters. The maximum absolute atomic E-state index is 13.5. The summed E-state index contributed by atoms with van der Waals surface area (Å²) < 4.78 is 5.29. The number of nitrogens with one attached hydrogen (secondary N) is 1. The second kappa shape index (κ2) is 7.12. The summed E-state index contributed by atoms with van der Waals surface area (Å²) in [5.41, 5.74) is 1.14. The Hall–Kier alpha value is -2.99. The summed E-state index contributed by atoms with van der Waals surface area (Å²) in [5.74, 6) is -2.69. The maximum atomic E-state index is 13.5. The second-order valence-corrected chi connectivity index (χ2v) is 7.75. The van der Waals surface area contributed by atoms with Crippen LogP contribution in [0.4, 0.5) is 5.69 Å². The van der Waals surface area contributed by atoms with Crippen molar-refractivity contribution in [3.63, 3.8) is 0 Å². The Kier molecular flexibility index (Phi) is 4.74. The van der Waals surface area contributed by atoms with Crippen LogP contribution in [-0.4, -0.2) is 29.9 Å². The number of benzene rings is 2. The van der Waals surface area contributed by atoms with Crippen LogP contribution in [0.25, 0.3) is 0 Å². The average molecular weight is 392 g/mol. The number of fused-ring (bicyclic) bond motifs is 1. The molecule has 0 spiro atoms.